The standard InChI is InChI=1S/C18H24F2N4O2S/c1-12-16(17(19)20)23-24(15-9-8-14(11-21-15)27(2,25)26)18(12)22-10-13-6-4-3-5-7-13/h8-9,11,13,17,22H,3-7,10H2,1-2H3. The molecule has 2 aromatic rings. The number of rotatable bonds is 6. The normalized spacial score (nSPS) is 16.0. The lowest BCUT2D eigenvalue weighted by molar-refractivity contribution is 0.144. The molecule has 0 bridgehead atoms. The molecule has 0 saturated heterocycles. The van der Waals surface area contributed by atoms with Gasteiger partial charge in [0, 0.05) is 24.6 Å². The first-order valence-electron chi connectivity index (χ1n) is 9.05. The van der Waals surface area contributed by atoms with Crippen LogP contribution >= 0.6 is 0 Å². The number of nitrogens with one attached hydrogen (secondary N) is 1. The van der Waals surface area contributed by atoms with E-state index in [1.165, 1.54) is 42.3 Å². The van der Waals surface area contributed by atoms with Crippen LogP contribution in [0.5, 0.6) is 0 Å². The molecule has 0 spiro atoms. The summed E-state index contributed by atoms with van der Waals surface area (Å²) in [6.07, 6.45) is 5.51. The Balaban J connectivity index is 1.92. The molecule has 1 saturated carbocycles. The van der Waals surface area contributed by atoms with Crippen LogP contribution in [0.1, 0.15) is 49.8 Å². The van der Waals surface area contributed by atoms with E-state index >= 15 is 0 Å². The van der Waals surface area contributed by atoms with Crippen LogP contribution in [-0.2, 0) is 9.84 Å². The third-order valence-electron chi connectivity index (χ3n) is 5.01. The second-order valence-corrected chi connectivity index (χ2v) is 9.10. The van der Waals surface area contributed by atoms with Crippen molar-refractivity contribution in [3.63, 3.8) is 0 Å². The highest BCUT2D eigenvalue weighted by Gasteiger charge is 2.23. The zero-order chi connectivity index (χ0) is 19.6. The van der Waals surface area contributed by atoms with Crippen molar-refractivity contribution in [1.29, 1.82) is 0 Å². The molecule has 3 rings (SSSR count). The van der Waals surface area contributed by atoms with E-state index in [2.05, 4.69) is 15.4 Å². The number of sulfone groups is 1. The Hall–Kier alpha value is -2.03. The van der Waals surface area contributed by atoms with E-state index in [-0.39, 0.29) is 10.6 Å². The summed E-state index contributed by atoms with van der Waals surface area (Å²) in [7, 11) is -3.38. The number of aromatic nitrogens is 3. The third kappa shape index (κ3) is 4.45. The average molecular weight is 398 g/mol. The number of alkyl halides is 2. The van der Waals surface area contributed by atoms with Crippen molar-refractivity contribution in [3.05, 3.63) is 29.6 Å². The molecule has 0 atom stereocenters. The van der Waals surface area contributed by atoms with Crippen LogP contribution in [0, 0.1) is 12.8 Å². The maximum atomic E-state index is 13.3. The maximum absolute atomic E-state index is 13.3. The molecule has 0 aliphatic heterocycles. The molecule has 6 nitrogen and oxygen atoms in total. The Labute approximate surface area is 157 Å². The molecular formula is C18H24F2N4O2S. The number of anilines is 1. The molecule has 148 valence electrons. The van der Waals surface area contributed by atoms with Gasteiger partial charge in [0.1, 0.15) is 11.5 Å². The summed E-state index contributed by atoms with van der Waals surface area (Å²) in [5.74, 6) is 1.29. The summed E-state index contributed by atoms with van der Waals surface area (Å²) in [4.78, 5) is 4.19. The average Bonchev–Trinajstić information content (AvgIpc) is 2.97. The minimum Gasteiger partial charge on any atom is -0.369 e. The highest BCUT2D eigenvalue weighted by atomic mass is 32.2. The van der Waals surface area contributed by atoms with E-state index in [0.717, 1.165) is 19.1 Å². The second kappa shape index (κ2) is 7.92. The first-order chi connectivity index (χ1) is 12.8. The number of pyridine rings is 1. The minimum absolute atomic E-state index is 0.0703. The molecule has 2 aromatic heterocycles. The largest absolute Gasteiger partial charge is 0.369 e. The Morgan fingerprint density at radius 1 is 1.26 bits per heavy atom. The number of hydrogen-bond donors (Lipinski definition) is 1. The quantitative estimate of drug-likeness (QED) is 0.798. The molecule has 0 radical (unpaired) electrons. The molecule has 1 N–H and O–H groups in total. The molecule has 2 heterocycles. The van der Waals surface area contributed by atoms with Gasteiger partial charge in [0.05, 0.1) is 4.90 Å². The lowest BCUT2D eigenvalue weighted by Crippen LogP contribution is -2.19. The van der Waals surface area contributed by atoms with Crippen molar-refractivity contribution < 1.29 is 17.2 Å². The summed E-state index contributed by atoms with van der Waals surface area (Å²) >= 11 is 0. The summed E-state index contributed by atoms with van der Waals surface area (Å²) in [5.41, 5.74) is 0.0879. The lowest BCUT2D eigenvalue weighted by Gasteiger charge is -2.22. The first-order valence-corrected chi connectivity index (χ1v) is 10.9. The van der Waals surface area contributed by atoms with Gasteiger partial charge in [0.15, 0.2) is 15.7 Å². The molecule has 1 aliphatic carbocycles. The molecule has 0 aromatic carbocycles. The minimum atomic E-state index is -3.38. The van der Waals surface area contributed by atoms with E-state index in [1.807, 2.05) is 0 Å². The van der Waals surface area contributed by atoms with Crippen LogP contribution in [0.2, 0.25) is 0 Å². The van der Waals surface area contributed by atoms with E-state index in [4.69, 9.17) is 0 Å². The number of nitrogens with zero attached hydrogens (tertiary/aromatic N) is 3. The summed E-state index contributed by atoms with van der Waals surface area (Å²) in [5, 5.41) is 7.31. The molecule has 0 amide bonds. The summed E-state index contributed by atoms with van der Waals surface area (Å²) in [6, 6.07) is 2.88. The van der Waals surface area contributed by atoms with Crippen molar-refractivity contribution in [3.8, 4) is 5.82 Å². The van der Waals surface area contributed by atoms with Gasteiger partial charge in [-0.1, -0.05) is 19.3 Å². The van der Waals surface area contributed by atoms with Crippen molar-refractivity contribution in [2.45, 2.75) is 50.3 Å². The van der Waals surface area contributed by atoms with Gasteiger partial charge in [0.2, 0.25) is 0 Å². The van der Waals surface area contributed by atoms with Crippen LogP contribution in [0.25, 0.3) is 5.82 Å². The zero-order valence-electron chi connectivity index (χ0n) is 15.5. The molecule has 1 fully saturated rings. The molecule has 27 heavy (non-hydrogen) atoms. The van der Waals surface area contributed by atoms with Crippen LogP contribution in [-0.4, -0.2) is 36.0 Å². The fourth-order valence-electron chi connectivity index (χ4n) is 3.44. The molecule has 1 aliphatic rings. The molecule has 9 heteroatoms. The van der Waals surface area contributed by atoms with Gasteiger partial charge in [-0.15, -0.1) is 0 Å². The highest BCUT2D eigenvalue weighted by Crippen LogP contribution is 2.30. The van der Waals surface area contributed by atoms with E-state index in [9.17, 15) is 17.2 Å². The van der Waals surface area contributed by atoms with Crippen molar-refractivity contribution in [2.75, 3.05) is 18.1 Å². The van der Waals surface area contributed by atoms with Crippen molar-refractivity contribution >= 4 is 15.7 Å². The Morgan fingerprint density at radius 2 is 1.96 bits per heavy atom. The van der Waals surface area contributed by atoms with E-state index in [1.54, 1.807) is 6.92 Å². The SMILES string of the molecule is Cc1c(C(F)F)nn(-c2ccc(S(C)(=O)=O)cn2)c1NCC1CCCCC1. The predicted molar refractivity (Wildman–Crippen MR) is 99.2 cm³/mol. The van der Waals surface area contributed by atoms with Gasteiger partial charge in [-0.05, 0) is 37.8 Å². The van der Waals surface area contributed by atoms with Crippen LogP contribution in [0.3, 0.4) is 0 Å². The Kier molecular flexibility index (Phi) is 5.78. The monoisotopic (exact) mass is 398 g/mol. The van der Waals surface area contributed by atoms with Gasteiger partial charge < -0.3 is 5.32 Å². The Bertz CT molecular complexity index is 889. The fraction of sp³-hybridized carbons (Fsp3) is 0.556. The van der Waals surface area contributed by atoms with Crippen molar-refractivity contribution in [1.82, 2.24) is 14.8 Å². The second-order valence-electron chi connectivity index (χ2n) is 7.08. The smallest absolute Gasteiger partial charge is 0.282 e. The summed E-state index contributed by atoms with van der Waals surface area (Å²) < 4.78 is 51.2. The van der Waals surface area contributed by atoms with Gasteiger partial charge in [0.25, 0.3) is 6.43 Å². The van der Waals surface area contributed by atoms with Crippen molar-refractivity contribution in [2.24, 2.45) is 5.92 Å². The van der Waals surface area contributed by atoms with Gasteiger partial charge in [-0.3, -0.25) is 0 Å². The van der Waals surface area contributed by atoms with Gasteiger partial charge in [-0.2, -0.15) is 9.78 Å². The summed E-state index contributed by atoms with van der Waals surface area (Å²) in [6.45, 7) is 2.30. The maximum Gasteiger partial charge on any atom is 0.282 e. The van der Waals surface area contributed by atoms with Gasteiger partial charge >= 0.3 is 0 Å². The topological polar surface area (TPSA) is 76.9 Å². The lowest BCUT2D eigenvalue weighted by atomic mass is 9.89. The fourth-order valence-corrected chi connectivity index (χ4v) is 4.00. The third-order valence-corrected chi connectivity index (χ3v) is 6.11. The predicted octanol–water partition coefficient (Wildman–Crippen LogP) is 3.91. The van der Waals surface area contributed by atoms with E-state index < -0.39 is 16.3 Å². The molecule has 0 unspecified atom stereocenters. The zero-order valence-corrected chi connectivity index (χ0v) is 16.3. The van der Waals surface area contributed by atoms with Crippen LogP contribution in [0.4, 0.5) is 14.6 Å². The molecular weight excluding hydrogens is 374 g/mol. The number of halogens is 2. The van der Waals surface area contributed by atoms with Crippen LogP contribution < -0.4 is 5.32 Å². The first kappa shape index (κ1) is 19.7. The number of hydrogen-bond acceptors (Lipinski definition) is 5. The Morgan fingerprint density at radius 3 is 2.52 bits per heavy atom. The highest BCUT2D eigenvalue weighted by molar-refractivity contribution is 7.90. The van der Waals surface area contributed by atoms with Crippen LogP contribution in [0.15, 0.2) is 23.2 Å². The van der Waals surface area contributed by atoms with Gasteiger partial charge in [-0.25, -0.2) is 22.2 Å². The van der Waals surface area contributed by atoms with E-state index in [0.29, 0.717) is 29.7 Å².